The van der Waals surface area contributed by atoms with Gasteiger partial charge in [0.2, 0.25) is 0 Å². The van der Waals surface area contributed by atoms with E-state index in [2.05, 4.69) is 15.8 Å². The van der Waals surface area contributed by atoms with Crippen LogP contribution in [0.1, 0.15) is 12.7 Å². The molecule has 0 aromatic carbocycles. The molecule has 1 rings (SSSR count). The maximum absolute atomic E-state index is 11.3. The average Bonchev–Trinajstić information content (AvgIpc) is 2.74. The molecule has 1 heterocycles. The molecule has 0 saturated carbocycles. The van der Waals surface area contributed by atoms with Crippen molar-refractivity contribution in [3.05, 3.63) is 18.0 Å². The molecule has 0 radical (unpaired) electrons. The number of aliphatic hydroxyl groups excluding tert-OH is 1. The normalized spacial score (nSPS) is 13.8. The maximum Gasteiger partial charge on any atom is 0.328 e. The molecule has 0 bridgehead atoms. The lowest BCUT2D eigenvalue weighted by Crippen LogP contribution is -2.50. The van der Waals surface area contributed by atoms with E-state index in [1.54, 1.807) is 6.07 Å². The van der Waals surface area contributed by atoms with Crippen molar-refractivity contribution < 1.29 is 24.3 Å². The number of rotatable bonds is 5. The van der Waals surface area contributed by atoms with Crippen LogP contribution in [0.15, 0.2) is 16.8 Å². The number of hydrogen-bond donors (Lipinski definition) is 4. The van der Waals surface area contributed by atoms with E-state index in [4.69, 9.17) is 14.7 Å². The Morgan fingerprint density at radius 1 is 1.59 bits per heavy atom. The highest BCUT2D eigenvalue weighted by Crippen LogP contribution is 1.96. The summed E-state index contributed by atoms with van der Waals surface area (Å²) in [6.07, 6.45) is 0.230. The molecule has 1 aromatic heterocycles. The fourth-order valence-corrected chi connectivity index (χ4v) is 1.08. The topological polar surface area (TPSA) is 125 Å². The number of carbonyl (C=O) groups is 2. The molecule has 1 aromatic rings. The number of nitrogens with zero attached hydrogens (tertiary/aromatic N) is 1. The summed E-state index contributed by atoms with van der Waals surface area (Å²) in [5.41, 5.74) is 0. The number of carboxylic acids is 1. The summed E-state index contributed by atoms with van der Waals surface area (Å²) in [5, 5.41) is 25.8. The highest BCUT2D eigenvalue weighted by molar-refractivity contribution is 5.82. The van der Waals surface area contributed by atoms with Gasteiger partial charge in [-0.05, 0) is 6.92 Å². The molecule has 0 aliphatic carbocycles. The Morgan fingerprint density at radius 2 is 2.29 bits per heavy atom. The molecule has 0 aliphatic heterocycles. The second-order valence-electron chi connectivity index (χ2n) is 3.36. The smallest absolute Gasteiger partial charge is 0.328 e. The molecule has 4 N–H and O–H groups in total. The van der Waals surface area contributed by atoms with Crippen LogP contribution in [0.3, 0.4) is 0 Å². The van der Waals surface area contributed by atoms with Crippen molar-refractivity contribution in [1.82, 2.24) is 15.8 Å². The fraction of sp³-hybridized carbons (Fsp3) is 0.444. The van der Waals surface area contributed by atoms with E-state index in [0.29, 0.717) is 5.76 Å². The van der Waals surface area contributed by atoms with Gasteiger partial charge in [0.1, 0.15) is 0 Å². The Labute approximate surface area is 96.6 Å². The van der Waals surface area contributed by atoms with Gasteiger partial charge in [0.05, 0.1) is 18.8 Å². The number of nitrogens with one attached hydrogen (secondary N) is 2. The first kappa shape index (κ1) is 13.0. The largest absolute Gasteiger partial charge is 0.480 e. The number of aliphatic carboxylic acids is 1. The van der Waals surface area contributed by atoms with Gasteiger partial charge in [0.25, 0.3) is 0 Å². The Bertz CT molecular complexity index is 376. The minimum absolute atomic E-state index is 0.0813. The minimum atomic E-state index is -1.36. The number of aliphatic hydroxyl groups is 1. The van der Waals surface area contributed by atoms with Gasteiger partial charge in [-0.15, -0.1) is 0 Å². The van der Waals surface area contributed by atoms with Gasteiger partial charge in [0, 0.05) is 6.07 Å². The molecule has 2 atom stereocenters. The van der Waals surface area contributed by atoms with Gasteiger partial charge in [-0.25, -0.2) is 9.59 Å². The molecular weight excluding hydrogens is 230 g/mol. The standard InChI is InChI=1S/C9H13N3O5/c1-5(13)7(8(14)15)12-9(16)10-4-6-2-3-11-17-6/h2-3,5,7,13H,4H2,1H3,(H,14,15)(H2,10,12,16)/t5-,7+/m1/s1. The molecule has 0 aliphatic rings. The van der Waals surface area contributed by atoms with E-state index >= 15 is 0 Å². The molecule has 0 saturated heterocycles. The first-order chi connectivity index (χ1) is 8.00. The van der Waals surface area contributed by atoms with Gasteiger partial charge in [-0.1, -0.05) is 5.16 Å². The number of aromatic nitrogens is 1. The van der Waals surface area contributed by atoms with Crippen molar-refractivity contribution >= 4 is 12.0 Å². The van der Waals surface area contributed by atoms with E-state index in [-0.39, 0.29) is 6.54 Å². The van der Waals surface area contributed by atoms with Gasteiger partial charge in [-0.2, -0.15) is 0 Å². The van der Waals surface area contributed by atoms with E-state index in [0.717, 1.165) is 0 Å². The summed E-state index contributed by atoms with van der Waals surface area (Å²) in [6, 6.07) is -0.511. The second kappa shape index (κ2) is 5.85. The Hall–Kier alpha value is -2.09. The molecule has 0 spiro atoms. The Kier molecular flexibility index (Phi) is 4.46. The number of amides is 2. The molecular formula is C9H13N3O5. The first-order valence-corrected chi connectivity index (χ1v) is 4.85. The fourth-order valence-electron chi connectivity index (χ4n) is 1.08. The summed E-state index contributed by atoms with van der Waals surface area (Å²) in [6.45, 7) is 1.35. The van der Waals surface area contributed by atoms with Gasteiger partial charge < -0.3 is 25.4 Å². The molecule has 2 amide bonds. The minimum Gasteiger partial charge on any atom is -0.480 e. The summed E-state index contributed by atoms with van der Waals surface area (Å²) in [7, 11) is 0. The third kappa shape index (κ3) is 4.11. The lowest BCUT2D eigenvalue weighted by atomic mass is 10.2. The zero-order valence-corrected chi connectivity index (χ0v) is 9.08. The van der Waals surface area contributed by atoms with Gasteiger partial charge >= 0.3 is 12.0 Å². The second-order valence-corrected chi connectivity index (χ2v) is 3.36. The number of carboxylic acid groups (broad SMARTS) is 1. The van der Waals surface area contributed by atoms with Crippen LogP contribution >= 0.6 is 0 Å². The van der Waals surface area contributed by atoms with E-state index in [9.17, 15) is 9.59 Å². The number of hydrogen-bond acceptors (Lipinski definition) is 5. The van der Waals surface area contributed by atoms with Crippen molar-refractivity contribution in [2.45, 2.75) is 25.6 Å². The predicted molar refractivity (Wildman–Crippen MR) is 55.0 cm³/mol. The average molecular weight is 243 g/mol. The maximum atomic E-state index is 11.3. The summed E-state index contributed by atoms with van der Waals surface area (Å²) < 4.78 is 4.73. The van der Waals surface area contributed by atoms with E-state index in [1.807, 2.05) is 0 Å². The zero-order chi connectivity index (χ0) is 12.8. The van der Waals surface area contributed by atoms with Crippen LogP contribution in [-0.2, 0) is 11.3 Å². The van der Waals surface area contributed by atoms with Crippen LogP contribution in [0.5, 0.6) is 0 Å². The molecule has 8 heteroatoms. The van der Waals surface area contributed by atoms with Crippen molar-refractivity contribution in [3.63, 3.8) is 0 Å². The van der Waals surface area contributed by atoms with E-state index < -0.39 is 24.1 Å². The molecule has 17 heavy (non-hydrogen) atoms. The number of urea groups is 1. The van der Waals surface area contributed by atoms with Crippen LogP contribution < -0.4 is 10.6 Å². The lowest BCUT2D eigenvalue weighted by Gasteiger charge is -2.16. The van der Waals surface area contributed by atoms with Crippen molar-refractivity contribution in [2.24, 2.45) is 0 Å². The SMILES string of the molecule is C[C@@H](O)[C@H](NC(=O)NCc1ccno1)C(=O)O. The molecule has 0 fully saturated rings. The van der Waals surface area contributed by atoms with E-state index in [1.165, 1.54) is 13.1 Å². The van der Waals surface area contributed by atoms with Crippen molar-refractivity contribution in [3.8, 4) is 0 Å². The van der Waals surface area contributed by atoms with Crippen LogP contribution in [0, 0.1) is 0 Å². The number of carbonyl (C=O) groups excluding carboxylic acids is 1. The van der Waals surface area contributed by atoms with Crippen molar-refractivity contribution in [2.75, 3.05) is 0 Å². The Morgan fingerprint density at radius 3 is 2.76 bits per heavy atom. The summed E-state index contributed by atoms with van der Waals surface area (Å²) in [4.78, 5) is 22.0. The first-order valence-electron chi connectivity index (χ1n) is 4.85. The Balaban J connectivity index is 2.40. The molecule has 8 nitrogen and oxygen atoms in total. The van der Waals surface area contributed by atoms with Crippen LogP contribution in [0.25, 0.3) is 0 Å². The van der Waals surface area contributed by atoms with Gasteiger partial charge in [0.15, 0.2) is 11.8 Å². The highest BCUT2D eigenvalue weighted by Gasteiger charge is 2.24. The van der Waals surface area contributed by atoms with Gasteiger partial charge in [-0.3, -0.25) is 0 Å². The zero-order valence-electron chi connectivity index (χ0n) is 9.08. The third-order valence-electron chi connectivity index (χ3n) is 1.95. The third-order valence-corrected chi connectivity index (χ3v) is 1.95. The lowest BCUT2D eigenvalue weighted by molar-refractivity contribution is -0.141. The molecule has 0 unspecified atom stereocenters. The quantitative estimate of drug-likeness (QED) is 0.542. The highest BCUT2D eigenvalue weighted by atomic mass is 16.5. The van der Waals surface area contributed by atoms with Crippen LogP contribution in [0.4, 0.5) is 4.79 Å². The van der Waals surface area contributed by atoms with Crippen LogP contribution in [-0.4, -0.2) is 39.5 Å². The predicted octanol–water partition coefficient (Wildman–Crippen LogP) is -0.692. The van der Waals surface area contributed by atoms with Crippen LogP contribution in [0.2, 0.25) is 0 Å². The van der Waals surface area contributed by atoms with Crippen molar-refractivity contribution in [1.29, 1.82) is 0 Å². The summed E-state index contributed by atoms with van der Waals surface area (Å²) >= 11 is 0. The summed E-state index contributed by atoms with van der Waals surface area (Å²) in [5.74, 6) is -0.876. The monoisotopic (exact) mass is 243 g/mol. The molecule has 94 valence electrons.